The third-order valence-electron chi connectivity index (χ3n) is 1.80. The first kappa shape index (κ1) is 3.95. The Kier molecular flexibility index (Phi) is 0.965. The van der Waals surface area contributed by atoms with E-state index in [-0.39, 0.29) is 16.5 Å². The summed E-state index contributed by atoms with van der Waals surface area (Å²) in [5, 5.41) is 0. The zero-order chi connectivity index (χ0) is 14.4. The molecule has 0 radical (unpaired) electrons. The average Bonchev–Trinajstić information content (AvgIpc) is 2.13. The van der Waals surface area contributed by atoms with Crippen LogP contribution in [0.2, 0.25) is 0 Å². The molecule has 0 bridgehead atoms. The Labute approximate surface area is 84.1 Å². The molecule has 1 aromatic carbocycles. The van der Waals surface area contributed by atoms with Crippen molar-refractivity contribution in [2.45, 2.75) is 39.9 Å². The highest BCUT2D eigenvalue weighted by atomic mass is 14.2. The van der Waals surface area contributed by atoms with Gasteiger partial charge in [-0.15, -0.1) is 0 Å². The van der Waals surface area contributed by atoms with Gasteiger partial charge >= 0.3 is 0 Å². The number of benzene rings is 1. The summed E-state index contributed by atoms with van der Waals surface area (Å²) in [5.74, 6) is 0. The van der Waals surface area contributed by atoms with Gasteiger partial charge in [-0.1, -0.05) is 50.1 Å². The molecule has 0 N–H and O–H groups in total. The minimum Gasteiger partial charge on any atom is -0.0564 e. The second-order valence-electron chi connectivity index (χ2n) is 4.05. The van der Waals surface area contributed by atoms with Crippen molar-refractivity contribution in [2.75, 3.05) is 0 Å². The third-order valence-corrected chi connectivity index (χ3v) is 1.80. The Hall–Kier alpha value is -0.780. The standard InChI is InChI=1S/C12H18/c1-9-6-10(2)8-11(7-9)12(3,4)5/h6-8H,1-5H3/i1D3,2D3. The molecule has 66 valence electrons. The van der Waals surface area contributed by atoms with Gasteiger partial charge in [0.15, 0.2) is 0 Å². The molecule has 0 aliphatic carbocycles. The van der Waals surface area contributed by atoms with Gasteiger partial charge in [-0.3, -0.25) is 0 Å². The second kappa shape index (κ2) is 2.93. The highest BCUT2D eigenvalue weighted by Crippen LogP contribution is 2.23. The Bertz CT molecular complexity index is 354. The minimum absolute atomic E-state index is 0.0843. The van der Waals surface area contributed by atoms with E-state index in [1.54, 1.807) is 12.1 Å². The quantitative estimate of drug-likeness (QED) is 0.555. The number of hydrogen-bond acceptors (Lipinski definition) is 0. The van der Waals surface area contributed by atoms with E-state index < -0.39 is 13.7 Å². The molecule has 0 saturated heterocycles. The summed E-state index contributed by atoms with van der Waals surface area (Å²) in [6.45, 7) is 1.20. The molecule has 1 aromatic rings. The van der Waals surface area contributed by atoms with E-state index in [2.05, 4.69) is 0 Å². The van der Waals surface area contributed by atoms with Crippen LogP contribution in [-0.2, 0) is 5.41 Å². The van der Waals surface area contributed by atoms with Crippen molar-refractivity contribution in [3.8, 4) is 0 Å². The van der Waals surface area contributed by atoms with Crippen molar-refractivity contribution in [2.24, 2.45) is 0 Å². The molecule has 0 unspecified atom stereocenters. The maximum absolute atomic E-state index is 7.42. The highest BCUT2D eigenvalue weighted by Gasteiger charge is 2.13. The molecule has 0 aromatic heterocycles. The lowest BCUT2D eigenvalue weighted by Crippen LogP contribution is -2.11. The van der Waals surface area contributed by atoms with Gasteiger partial charge in [0, 0.05) is 8.22 Å². The van der Waals surface area contributed by atoms with Gasteiger partial charge in [0.2, 0.25) is 0 Å². The summed E-state index contributed by atoms with van der Waals surface area (Å²) in [7, 11) is 0. The van der Waals surface area contributed by atoms with E-state index in [9.17, 15) is 0 Å². The molecule has 0 spiro atoms. The second-order valence-corrected chi connectivity index (χ2v) is 4.05. The van der Waals surface area contributed by atoms with Gasteiger partial charge in [0.1, 0.15) is 0 Å². The zero-order valence-corrected chi connectivity index (χ0v) is 7.73. The lowest BCUT2D eigenvalue weighted by molar-refractivity contribution is 0.589. The minimum atomic E-state index is -2.29. The van der Waals surface area contributed by atoms with Gasteiger partial charge in [-0.2, -0.15) is 0 Å². The molecule has 0 heteroatoms. The van der Waals surface area contributed by atoms with Crippen molar-refractivity contribution >= 4 is 0 Å². The van der Waals surface area contributed by atoms with Crippen LogP contribution in [0.3, 0.4) is 0 Å². The van der Waals surface area contributed by atoms with Crippen molar-refractivity contribution in [1.29, 1.82) is 0 Å². The Morgan fingerprint density at radius 3 is 1.83 bits per heavy atom. The van der Waals surface area contributed by atoms with Crippen molar-refractivity contribution in [3.63, 3.8) is 0 Å². The third kappa shape index (κ3) is 2.10. The molecule has 0 aliphatic heterocycles. The first-order valence-electron chi connectivity index (χ1n) is 6.98. The molecular formula is C12H18. The lowest BCUT2D eigenvalue weighted by atomic mass is 9.85. The summed E-state index contributed by atoms with van der Waals surface area (Å²) >= 11 is 0. The van der Waals surface area contributed by atoms with Gasteiger partial charge in [-0.25, -0.2) is 0 Å². The number of hydrogen-bond donors (Lipinski definition) is 0. The fourth-order valence-corrected chi connectivity index (χ4v) is 1.06. The van der Waals surface area contributed by atoms with E-state index in [0.29, 0.717) is 0 Å². The fraction of sp³-hybridized carbons (Fsp3) is 0.500. The Morgan fingerprint density at radius 1 is 1.00 bits per heavy atom. The van der Waals surface area contributed by atoms with Gasteiger partial charge in [0.05, 0.1) is 0 Å². The molecule has 12 heavy (non-hydrogen) atoms. The molecule has 0 aliphatic rings. The average molecular weight is 168 g/mol. The normalized spacial score (nSPS) is 21.2. The summed E-state index contributed by atoms with van der Waals surface area (Å²) in [5.41, 5.74) is 0.603. The Morgan fingerprint density at radius 2 is 1.50 bits per heavy atom. The van der Waals surface area contributed by atoms with E-state index in [1.807, 2.05) is 20.8 Å². The molecule has 0 heterocycles. The Balaban J connectivity index is 3.49. The van der Waals surface area contributed by atoms with Crippen LogP contribution in [0.25, 0.3) is 0 Å². The van der Waals surface area contributed by atoms with E-state index in [0.717, 1.165) is 5.56 Å². The SMILES string of the molecule is [2H]C([2H])([2H])c1cc(C([2H])([2H])[2H])cc(C(C)(C)C)c1. The maximum atomic E-state index is 7.42. The molecule has 0 nitrogen and oxygen atoms in total. The van der Waals surface area contributed by atoms with Gasteiger partial charge in [0.25, 0.3) is 0 Å². The molecule has 0 amide bonds. The van der Waals surface area contributed by atoms with Crippen LogP contribution in [0.1, 0.15) is 45.7 Å². The zero-order valence-electron chi connectivity index (χ0n) is 13.7. The number of aryl methyl sites for hydroxylation is 2. The van der Waals surface area contributed by atoms with Crippen LogP contribution < -0.4 is 0 Å². The van der Waals surface area contributed by atoms with Crippen LogP contribution in [-0.4, -0.2) is 0 Å². The van der Waals surface area contributed by atoms with Crippen molar-refractivity contribution < 1.29 is 8.22 Å². The van der Waals surface area contributed by atoms with Crippen LogP contribution in [0, 0.1) is 13.7 Å². The molecule has 0 saturated carbocycles. The van der Waals surface area contributed by atoms with Crippen molar-refractivity contribution in [1.82, 2.24) is 0 Å². The molecule has 0 atom stereocenters. The lowest BCUT2D eigenvalue weighted by Gasteiger charge is -2.20. The van der Waals surface area contributed by atoms with Gasteiger partial charge in [-0.05, 0) is 24.7 Å². The monoisotopic (exact) mass is 168 g/mol. The molecular weight excluding hydrogens is 144 g/mol. The van der Waals surface area contributed by atoms with E-state index in [4.69, 9.17) is 8.22 Å². The topological polar surface area (TPSA) is 0 Å². The summed E-state index contributed by atoms with van der Waals surface area (Å²) in [4.78, 5) is 0. The first-order valence-corrected chi connectivity index (χ1v) is 3.98. The van der Waals surface area contributed by atoms with E-state index in [1.165, 1.54) is 6.07 Å². The summed E-state index contributed by atoms with van der Waals surface area (Å²) in [6, 6.07) is 4.40. The fourth-order valence-electron chi connectivity index (χ4n) is 1.06. The molecule has 0 fully saturated rings. The smallest absolute Gasteiger partial charge is 0.0280 e. The van der Waals surface area contributed by atoms with Crippen LogP contribution in [0.5, 0.6) is 0 Å². The van der Waals surface area contributed by atoms with Gasteiger partial charge < -0.3 is 0 Å². The maximum Gasteiger partial charge on any atom is 0.0280 e. The first-order chi connectivity index (χ1) is 7.82. The van der Waals surface area contributed by atoms with Crippen LogP contribution >= 0.6 is 0 Å². The predicted molar refractivity (Wildman–Crippen MR) is 54.6 cm³/mol. The van der Waals surface area contributed by atoms with Crippen LogP contribution in [0.4, 0.5) is 0 Å². The van der Waals surface area contributed by atoms with Crippen LogP contribution in [0.15, 0.2) is 18.2 Å². The highest BCUT2D eigenvalue weighted by molar-refractivity contribution is 5.32. The van der Waals surface area contributed by atoms with Crippen molar-refractivity contribution in [3.05, 3.63) is 34.9 Å². The number of rotatable bonds is 0. The molecule has 1 rings (SSSR count). The summed E-state index contributed by atoms with van der Waals surface area (Å²) < 4.78 is 44.5. The predicted octanol–water partition coefficient (Wildman–Crippen LogP) is 3.60. The van der Waals surface area contributed by atoms with E-state index >= 15 is 0 Å². The summed E-state index contributed by atoms with van der Waals surface area (Å²) in [6.07, 6.45) is 0. The largest absolute Gasteiger partial charge is 0.0564 e.